The molecule has 0 aliphatic heterocycles. The lowest BCUT2D eigenvalue weighted by atomic mass is 10.3. The number of H-pyrrole nitrogens is 1. The van der Waals surface area contributed by atoms with E-state index in [9.17, 15) is 0 Å². The lowest BCUT2D eigenvalue weighted by Crippen LogP contribution is -2.38. The molecule has 0 atom stereocenters. The van der Waals surface area contributed by atoms with Crippen LogP contribution in [0.1, 0.15) is 12.6 Å². The second-order valence-corrected chi connectivity index (χ2v) is 2.85. The molecule has 4 heteroatoms. The zero-order chi connectivity index (χ0) is 8.43. The summed E-state index contributed by atoms with van der Waals surface area (Å²) in [4.78, 5) is 0. The molecule has 0 aliphatic rings. The maximum atomic E-state index is 5.62. The van der Waals surface area contributed by atoms with E-state index in [-0.39, 0.29) is 0 Å². The van der Waals surface area contributed by atoms with Gasteiger partial charge < -0.3 is 5.73 Å². The molecular weight excluding hydrogens is 158 g/mol. The molecule has 0 fully saturated rings. The van der Waals surface area contributed by atoms with Crippen molar-refractivity contribution in [3.8, 4) is 0 Å². The van der Waals surface area contributed by atoms with Crippen LogP contribution in [0.2, 0.25) is 0 Å². The first-order valence-electron chi connectivity index (χ1n) is 3.53. The van der Waals surface area contributed by atoms with Gasteiger partial charge in [-0.25, -0.2) is 0 Å². The van der Waals surface area contributed by atoms with Gasteiger partial charge in [0, 0.05) is 12.5 Å². The first-order valence-corrected chi connectivity index (χ1v) is 3.93. The van der Waals surface area contributed by atoms with Crippen molar-refractivity contribution in [2.75, 3.05) is 5.73 Å². The first kappa shape index (κ1) is 8.20. The minimum Gasteiger partial charge on any atom is -0.396 e. The van der Waals surface area contributed by atoms with Crippen LogP contribution in [0.15, 0.2) is 6.07 Å². The van der Waals surface area contributed by atoms with Crippen LogP contribution in [0.25, 0.3) is 0 Å². The maximum Gasteiger partial charge on any atom is 0.207 e. The van der Waals surface area contributed by atoms with Crippen LogP contribution in [-0.4, -0.2) is 5.10 Å². The highest BCUT2D eigenvalue weighted by molar-refractivity contribution is 7.71. The Hall–Kier alpha value is -0.900. The summed E-state index contributed by atoms with van der Waals surface area (Å²) < 4.78 is 2.49. The van der Waals surface area contributed by atoms with Gasteiger partial charge >= 0.3 is 0 Å². The second kappa shape index (κ2) is 3.00. The van der Waals surface area contributed by atoms with Crippen LogP contribution in [0.3, 0.4) is 0 Å². The number of rotatable bonds is 1. The number of nitrogens with two attached hydrogens (primary N) is 1. The minimum absolute atomic E-state index is 0.602. The van der Waals surface area contributed by atoms with Gasteiger partial charge in [-0.2, -0.15) is 5.10 Å². The fraction of sp³-hybridized carbons (Fsp3) is 0.429. The number of hydrogen-bond acceptors (Lipinski definition) is 2. The van der Waals surface area contributed by atoms with Gasteiger partial charge in [0.05, 0.1) is 5.69 Å². The van der Waals surface area contributed by atoms with Crippen molar-refractivity contribution in [1.29, 1.82) is 0 Å². The maximum absolute atomic E-state index is 5.62. The van der Waals surface area contributed by atoms with Gasteiger partial charge in [-0.05, 0) is 0 Å². The second-order valence-electron chi connectivity index (χ2n) is 2.44. The summed E-state index contributed by atoms with van der Waals surface area (Å²) in [6.07, 6.45) is 0.951. The van der Waals surface area contributed by atoms with Gasteiger partial charge in [0.2, 0.25) is 5.69 Å². The highest BCUT2D eigenvalue weighted by Gasteiger charge is 2.04. The van der Waals surface area contributed by atoms with Gasteiger partial charge in [0.1, 0.15) is 0 Å². The van der Waals surface area contributed by atoms with Crippen LogP contribution >= 0.6 is 12.2 Å². The number of aromatic amines is 1. The third-order valence-electron chi connectivity index (χ3n) is 1.65. The number of nitrogens with one attached hydrogen (secondary N) is 1. The zero-order valence-corrected chi connectivity index (χ0v) is 7.53. The quantitative estimate of drug-likeness (QED) is 0.482. The predicted molar refractivity (Wildman–Crippen MR) is 46.6 cm³/mol. The number of hydrogen-bond donors (Lipinski definition) is 2. The Morgan fingerprint density at radius 3 is 2.91 bits per heavy atom. The van der Waals surface area contributed by atoms with Crippen LogP contribution in [-0.2, 0) is 13.5 Å². The highest BCUT2D eigenvalue weighted by Crippen LogP contribution is 2.01. The largest absolute Gasteiger partial charge is 0.396 e. The van der Waals surface area contributed by atoms with E-state index in [2.05, 4.69) is 12.0 Å². The van der Waals surface area contributed by atoms with E-state index in [4.69, 9.17) is 18.0 Å². The summed E-state index contributed by atoms with van der Waals surface area (Å²) in [5, 5.41) is 2.96. The first-order chi connectivity index (χ1) is 5.15. The Labute approximate surface area is 70.8 Å². The summed E-state index contributed by atoms with van der Waals surface area (Å²) in [5.74, 6) is 0. The van der Waals surface area contributed by atoms with Gasteiger partial charge in [0.25, 0.3) is 0 Å². The smallest absolute Gasteiger partial charge is 0.207 e. The number of aryl methyl sites for hydroxylation is 2. The van der Waals surface area contributed by atoms with Crippen molar-refractivity contribution in [3.05, 3.63) is 16.4 Å². The molecule has 0 bridgehead atoms. The predicted octanol–water partition coefficient (Wildman–Crippen LogP) is 0.713. The SMILES string of the molecule is CCc1cc(N)c(=S)[nH][n+]1C. The van der Waals surface area contributed by atoms with Crippen molar-refractivity contribution in [3.63, 3.8) is 0 Å². The van der Waals surface area contributed by atoms with Crippen molar-refractivity contribution in [2.45, 2.75) is 13.3 Å². The molecule has 60 valence electrons. The summed E-state index contributed by atoms with van der Waals surface area (Å²) in [5.41, 5.74) is 7.41. The molecular formula is C7H12N3S+. The minimum atomic E-state index is 0.602. The third-order valence-corrected chi connectivity index (χ3v) is 1.97. The standard InChI is InChI=1S/C7H11N3S/c1-3-5-4-6(8)7(11)9-10(5)2/h4,8H,3H2,1-2H3,(H,9,11)/p+1. The molecule has 0 saturated carbocycles. The molecule has 1 aromatic heterocycles. The normalized spacial score (nSPS) is 10.0. The fourth-order valence-corrected chi connectivity index (χ4v) is 1.17. The molecule has 3 N–H and O–H groups in total. The van der Waals surface area contributed by atoms with E-state index in [1.165, 1.54) is 0 Å². The molecule has 0 radical (unpaired) electrons. The Kier molecular flexibility index (Phi) is 2.24. The van der Waals surface area contributed by atoms with E-state index >= 15 is 0 Å². The Morgan fingerprint density at radius 1 is 1.73 bits per heavy atom. The molecule has 0 aromatic carbocycles. The number of nitrogen functional groups attached to an aromatic ring is 1. The van der Waals surface area contributed by atoms with Crippen molar-refractivity contribution in [2.24, 2.45) is 7.05 Å². The van der Waals surface area contributed by atoms with Gasteiger partial charge in [-0.1, -0.05) is 19.1 Å². The molecule has 0 aliphatic carbocycles. The summed E-state index contributed by atoms with van der Waals surface area (Å²) in [7, 11) is 1.92. The van der Waals surface area contributed by atoms with Crippen LogP contribution in [0, 0.1) is 4.64 Å². The molecule has 0 spiro atoms. The van der Waals surface area contributed by atoms with Crippen LogP contribution < -0.4 is 10.4 Å². The highest BCUT2D eigenvalue weighted by atomic mass is 32.1. The van der Waals surface area contributed by atoms with Gasteiger partial charge in [-0.3, -0.25) is 0 Å². The summed E-state index contributed by atoms with van der Waals surface area (Å²) in [6, 6.07) is 1.90. The Balaban J connectivity index is 3.32. The van der Waals surface area contributed by atoms with E-state index in [1.807, 2.05) is 17.8 Å². The molecule has 0 amide bonds. The Bertz CT molecular complexity index is 316. The number of anilines is 1. The van der Waals surface area contributed by atoms with E-state index in [0.717, 1.165) is 12.1 Å². The molecule has 1 aromatic rings. The molecule has 11 heavy (non-hydrogen) atoms. The fourth-order valence-electron chi connectivity index (χ4n) is 0.970. The average molecular weight is 170 g/mol. The van der Waals surface area contributed by atoms with Crippen LogP contribution in [0.4, 0.5) is 5.69 Å². The van der Waals surface area contributed by atoms with E-state index in [1.54, 1.807) is 0 Å². The molecule has 0 saturated heterocycles. The average Bonchev–Trinajstić information content (AvgIpc) is 1.97. The molecule has 3 nitrogen and oxygen atoms in total. The Morgan fingerprint density at radius 2 is 2.36 bits per heavy atom. The molecule has 1 rings (SSSR count). The monoisotopic (exact) mass is 170 g/mol. The van der Waals surface area contributed by atoms with E-state index < -0.39 is 0 Å². The molecule has 0 unspecified atom stereocenters. The summed E-state index contributed by atoms with van der Waals surface area (Å²) in [6.45, 7) is 2.08. The van der Waals surface area contributed by atoms with Crippen molar-refractivity contribution >= 4 is 17.9 Å². The van der Waals surface area contributed by atoms with Crippen molar-refractivity contribution < 1.29 is 4.68 Å². The zero-order valence-electron chi connectivity index (χ0n) is 6.72. The van der Waals surface area contributed by atoms with E-state index in [0.29, 0.717) is 10.3 Å². The lowest BCUT2D eigenvalue weighted by Gasteiger charge is -1.96. The molecule has 1 heterocycles. The van der Waals surface area contributed by atoms with Crippen LogP contribution in [0.5, 0.6) is 0 Å². The van der Waals surface area contributed by atoms with Crippen molar-refractivity contribution in [1.82, 2.24) is 5.10 Å². The number of aromatic nitrogens is 2. The van der Waals surface area contributed by atoms with Gasteiger partial charge in [-0.15, -0.1) is 4.68 Å². The lowest BCUT2D eigenvalue weighted by molar-refractivity contribution is -0.738. The topological polar surface area (TPSA) is 45.7 Å². The number of nitrogens with zero attached hydrogens (tertiary/aromatic N) is 1. The third kappa shape index (κ3) is 1.57. The summed E-state index contributed by atoms with van der Waals surface area (Å²) >= 11 is 4.95. The van der Waals surface area contributed by atoms with Gasteiger partial charge in [0.15, 0.2) is 11.7 Å².